The number of nitrogens with zero attached hydrogens (tertiary/aromatic N) is 3. The van der Waals surface area contributed by atoms with Crippen molar-refractivity contribution in [2.75, 3.05) is 16.4 Å². The first-order valence-corrected chi connectivity index (χ1v) is 10.9. The lowest BCUT2D eigenvalue weighted by atomic mass is 10.2. The first-order chi connectivity index (χ1) is 13.0. The molecule has 0 bridgehead atoms. The molecular formula is C16H14ClN5O2S3. The van der Waals surface area contributed by atoms with Crippen molar-refractivity contribution in [3.63, 3.8) is 0 Å². The van der Waals surface area contributed by atoms with Crippen LogP contribution in [-0.4, -0.2) is 32.7 Å². The predicted molar refractivity (Wildman–Crippen MR) is 110 cm³/mol. The number of halogens is 1. The van der Waals surface area contributed by atoms with Crippen LogP contribution in [0.4, 0.5) is 10.3 Å². The van der Waals surface area contributed by atoms with E-state index in [9.17, 15) is 9.59 Å². The van der Waals surface area contributed by atoms with Crippen molar-refractivity contribution in [3.05, 3.63) is 45.9 Å². The molecule has 3 rings (SSSR count). The van der Waals surface area contributed by atoms with Gasteiger partial charge in [0.25, 0.3) is 5.91 Å². The molecule has 2 heterocycles. The van der Waals surface area contributed by atoms with Crippen LogP contribution in [0.5, 0.6) is 0 Å². The molecule has 0 fully saturated rings. The second-order valence-corrected chi connectivity index (χ2v) is 8.92. The van der Waals surface area contributed by atoms with Gasteiger partial charge in [-0.05, 0) is 30.0 Å². The van der Waals surface area contributed by atoms with Crippen molar-refractivity contribution in [2.24, 2.45) is 0 Å². The third-order valence-corrected chi connectivity index (χ3v) is 6.05. The van der Waals surface area contributed by atoms with Gasteiger partial charge in [-0.2, -0.15) is 0 Å². The number of carbonyl (C=O) groups excluding carboxylic acids is 2. The summed E-state index contributed by atoms with van der Waals surface area (Å²) in [5.74, 6) is 0.373. The maximum Gasteiger partial charge on any atom is 0.257 e. The molecule has 2 amide bonds. The Morgan fingerprint density at radius 3 is 2.67 bits per heavy atom. The van der Waals surface area contributed by atoms with Crippen molar-refractivity contribution in [2.45, 2.75) is 17.7 Å². The number of hydrogen-bond acceptors (Lipinski definition) is 8. The van der Waals surface area contributed by atoms with Crippen molar-refractivity contribution >= 4 is 68.1 Å². The van der Waals surface area contributed by atoms with Crippen LogP contribution in [0.15, 0.2) is 34.0 Å². The lowest BCUT2D eigenvalue weighted by molar-refractivity contribution is -0.115. The van der Waals surface area contributed by atoms with Crippen molar-refractivity contribution in [3.8, 4) is 0 Å². The third-order valence-electron chi connectivity index (χ3n) is 3.14. The molecule has 0 saturated heterocycles. The Labute approximate surface area is 172 Å². The number of nitrogens with one attached hydrogen (secondary N) is 2. The van der Waals surface area contributed by atoms with Gasteiger partial charge in [0, 0.05) is 16.0 Å². The Bertz CT molecular complexity index is 942. The minimum Gasteiger partial charge on any atom is -0.300 e. The molecule has 27 heavy (non-hydrogen) atoms. The van der Waals surface area contributed by atoms with Crippen LogP contribution >= 0.6 is 46.0 Å². The van der Waals surface area contributed by atoms with Crippen LogP contribution in [0.3, 0.4) is 0 Å². The Morgan fingerprint density at radius 2 is 1.93 bits per heavy atom. The van der Waals surface area contributed by atoms with Gasteiger partial charge in [-0.1, -0.05) is 41.6 Å². The van der Waals surface area contributed by atoms with Crippen LogP contribution in [0.2, 0.25) is 5.02 Å². The van der Waals surface area contributed by atoms with Gasteiger partial charge in [0.15, 0.2) is 9.47 Å². The molecule has 0 saturated carbocycles. The third kappa shape index (κ3) is 5.73. The van der Waals surface area contributed by atoms with Crippen LogP contribution in [0.1, 0.15) is 23.0 Å². The Kier molecular flexibility index (Phi) is 6.78. The molecule has 0 radical (unpaired) electrons. The summed E-state index contributed by atoms with van der Waals surface area (Å²) >= 11 is 9.98. The summed E-state index contributed by atoms with van der Waals surface area (Å²) in [5.41, 5.74) is 1.04. The van der Waals surface area contributed by atoms with Gasteiger partial charge in [0.05, 0.1) is 12.1 Å². The summed E-state index contributed by atoms with van der Waals surface area (Å²) in [4.78, 5) is 28.6. The molecule has 2 N–H and O–H groups in total. The van der Waals surface area contributed by atoms with Crippen molar-refractivity contribution in [1.29, 1.82) is 0 Å². The number of anilines is 2. The van der Waals surface area contributed by atoms with Crippen molar-refractivity contribution in [1.82, 2.24) is 15.2 Å². The number of amides is 2. The van der Waals surface area contributed by atoms with Gasteiger partial charge in [0.2, 0.25) is 11.0 Å². The molecule has 1 aromatic carbocycles. The highest BCUT2D eigenvalue weighted by molar-refractivity contribution is 8.01. The highest BCUT2D eigenvalue weighted by atomic mass is 35.5. The average Bonchev–Trinajstić information content (AvgIpc) is 3.25. The molecule has 11 heteroatoms. The van der Waals surface area contributed by atoms with Gasteiger partial charge >= 0.3 is 0 Å². The molecule has 7 nitrogen and oxygen atoms in total. The second kappa shape index (κ2) is 9.27. The molecule has 0 aliphatic rings. The van der Waals surface area contributed by atoms with Crippen molar-refractivity contribution < 1.29 is 9.59 Å². The van der Waals surface area contributed by atoms with Crippen LogP contribution in [0, 0.1) is 0 Å². The number of thiazole rings is 1. The fourth-order valence-electron chi connectivity index (χ4n) is 1.99. The van der Waals surface area contributed by atoms with E-state index in [-0.39, 0.29) is 18.2 Å². The van der Waals surface area contributed by atoms with E-state index >= 15 is 0 Å². The van der Waals surface area contributed by atoms with E-state index < -0.39 is 0 Å². The highest BCUT2D eigenvalue weighted by Gasteiger charge is 2.13. The van der Waals surface area contributed by atoms with E-state index in [0.717, 1.165) is 10.1 Å². The van der Waals surface area contributed by atoms with E-state index in [0.29, 0.717) is 26.5 Å². The summed E-state index contributed by atoms with van der Waals surface area (Å²) in [6.07, 6.45) is 0.0865. The molecule has 2 aromatic heterocycles. The molecule has 0 aliphatic heterocycles. The monoisotopic (exact) mass is 439 g/mol. The van der Waals surface area contributed by atoms with E-state index in [1.165, 1.54) is 22.7 Å². The summed E-state index contributed by atoms with van der Waals surface area (Å²) in [5, 5.41) is 16.5. The molecule has 0 aliphatic carbocycles. The van der Waals surface area contributed by atoms with Crippen LogP contribution in [-0.2, 0) is 11.2 Å². The number of carbonyl (C=O) groups is 2. The minimum absolute atomic E-state index is 0.0865. The summed E-state index contributed by atoms with van der Waals surface area (Å²) in [7, 11) is 0. The molecule has 140 valence electrons. The smallest absolute Gasteiger partial charge is 0.257 e. The number of thioether (sulfide) groups is 1. The van der Waals surface area contributed by atoms with E-state index in [1.807, 2.05) is 6.92 Å². The van der Waals surface area contributed by atoms with Gasteiger partial charge in [-0.15, -0.1) is 21.5 Å². The first-order valence-electron chi connectivity index (χ1n) is 7.81. The van der Waals surface area contributed by atoms with Gasteiger partial charge in [0.1, 0.15) is 0 Å². The standard InChI is InChI=1S/C16H14ClN5O2S3/c1-2-25-16-22-21-15(27-16)19-12(23)7-11-8-26-14(18-11)20-13(24)9-3-5-10(17)6-4-9/h3-6,8H,2,7H2,1H3,(H,18,20,24)(H,19,21,23). The molecule has 0 unspecified atom stereocenters. The highest BCUT2D eigenvalue weighted by Crippen LogP contribution is 2.25. The van der Waals surface area contributed by atoms with E-state index in [1.54, 1.807) is 41.4 Å². The minimum atomic E-state index is -0.285. The van der Waals surface area contributed by atoms with E-state index in [4.69, 9.17) is 11.6 Å². The molecule has 0 atom stereocenters. The second-order valence-electron chi connectivity index (χ2n) is 5.14. The Balaban J connectivity index is 1.54. The van der Waals surface area contributed by atoms with Gasteiger partial charge in [-0.25, -0.2) is 4.98 Å². The zero-order chi connectivity index (χ0) is 19.2. The SMILES string of the molecule is CCSc1nnc(NC(=O)Cc2csc(NC(=O)c3ccc(Cl)cc3)n2)s1. The fraction of sp³-hybridized carbons (Fsp3) is 0.188. The maximum atomic E-state index is 12.2. The zero-order valence-corrected chi connectivity index (χ0v) is 17.3. The quantitative estimate of drug-likeness (QED) is 0.423. The Hall–Kier alpha value is -2.01. The fourth-order valence-corrected chi connectivity index (χ4v) is 4.48. The molecular weight excluding hydrogens is 426 g/mol. The Morgan fingerprint density at radius 1 is 1.15 bits per heavy atom. The van der Waals surface area contributed by atoms with Gasteiger partial charge in [-0.3, -0.25) is 14.9 Å². The summed E-state index contributed by atoms with van der Waals surface area (Å²) in [6, 6.07) is 6.55. The lowest BCUT2D eigenvalue weighted by Crippen LogP contribution is -2.15. The van der Waals surface area contributed by atoms with E-state index in [2.05, 4.69) is 25.8 Å². The molecule has 0 spiro atoms. The summed E-state index contributed by atoms with van der Waals surface area (Å²) < 4.78 is 0.814. The van der Waals surface area contributed by atoms with Crippen LogP contribution < -0.4 is 10.6 Å². The number of benzene rings is 1. The lowest BCUT2D eigenvalue weighted by Gasteiger charge is -2.01. The first kappa shape index (κ1) is 19.7. The zero-order valence-electron chi connectivity index (χ0n) is 14.1. The maximum absolute atomic E-state index is 12.2. The largest absolute Gasteiger partial charge is 0.300 e. The van der Waals surface area contributed by atoms with Crippen LogP contribution in [0.25, 0.3) is 0 Å². The average molecular weight is 440 g/mol. The number of rotatable bonds is 7. The summed E-state index contributed by atoms with van der Waals surface area (Å²) in [6.45, 7) is 2.02. The number of aromatic nitrogens is 3. The van der Waals surface area contributed by atoms with Gasteiger partial charge < -0.3 is 5.32 Å². The predicted octanol–water partition coefficient (Wildman–Crippen LogP) is 4.19. The molecule has 3 aromatic rings. The topological polar surface area (TPSA) is 96.9 Å². The number of hydrogen-bond donors (Lipinski definition) is 2. The normalized spacial score (nSPS) is 10.6.